The summed E-state index contributed by atoms with van der Waals surface area (Å²) in [6.07, 6.45) is 8.45. The van der Waals surface area contributed by atoms with Gasteiger partial charge in [0.15, 0.2) is 0 Å². The molecule has 0 fully saturated rings. The molecule has 0 N–H and O–H groups in total. The van der Waals surface area contributed by atoms with E-state index in [1.54, 1.807) is 0 Å². The molecular weight excluding hydrogens is 156 g/mol. The second-order valence-electron chi connectivity index (χ2n) is 3.55. The first kappa shape index (κ1) is 8.31. The largest absolute Gasteiger partial charge is 0.0760 e. The molecule has 0 saturated carbocycles. The molecule has 1 aromatic carbocycles. The van der Waals surface area contributed by atoms with Crippen LogP contribution < -0.4 is 0 Å². The Labute approximate surface area is 79.6 Å². The third-order valence-electron chi connectivity index (χ3n) is 2.22. The molecule has 0 nitrogen and oxygen atoms in total. The van der Waals surface area contributed by atoms with Crippen LogP contribution in [0.2, 0.25) is 0 Å². The van der Waals surface area contributed by atoms with Crippen molar-refractivity contribution in [3.63, 3.8) is 0 Å². The van der Waals surface area contributed by atoms with Gasteiger partial charge >= 0.3 is 0 Å². The van der Waals surface area contributed by atoms with E-state index < -0.39 is 0 Å². The van der Waals surface area contributed by atoms with Crippen LogP contribution in [0.25, 0.3) is 5.57 Å². The molecule has 2 rings (SSSR count). The van der Waals surface area contributed by atoms with Crippen molar-refractivity contribution in [3.05, 3.63) is 59.5 Å². The van der Waals surface area contributed by atoms with E-state index in [0.717, 1.165) is 0 Å². The lowest BCUT2D eigenvalue weighted by Gasteiger charge is -2.05. The van der Waals surface area contributed by atoms with E-state index >= 15 is 0 Å². The van der Waals surface area contributed by atoms with Gasteiger partial charge in [0.1, 0.15) is 0 Å². The van der Waals surface area contributed by atoms with E-state index in [9.17, 15) is 0 Å². The molecule has 65 valence electrons. The van der Waals surface area contributed by atoms with Crippen LogP contribution in [0.1, 0.15) is 16.7 Å². The van der Waals surface area contributed by atoms with Gasteiger partial charge in [-0.25, -0.2) is 0 Å². The predicted molar refractivity (Wildman–Crippen MR) is 57.3 cm³/mol. The molecule has 0 aliphatic heterocycles. The second-order valence-corrected chi connectivity index (χ2v) is 3.55. The quantitative estimate of drug-likeness (QED) is 0.604. The molecule has 0 atom stereocenters. The molecule has 13 heavy (non-hydrogen) atoms. The van der Waals surface area contributed by atoms with Crippen LogP contribution in [-0.2, 0) is 0 Å². The monoisotopic (exact) mass is 169 g/mol. The molecule has 0 spiro atoms. The van der Waals surface area contributed by atoms with Crippen molar-refractivity contribution in [2.24, 2.45) is 0 Å². The Morgan fingerprint density at radius 1 is 0.846 bits per heavy atom. The van der Waals surface area contributed by atoms with Crippen LogP contribution in [0.4, 0.5) is 0 Å². The first-order chi connectivity index (χ1) is 6.25. The smallest absolute Gasteiger partial charge is 0.0131 e. The Morgan fingerprint density at radius 3 is 2.08 bits per heavy atom. The molecule has 0 amide bonds. The SMILES string of the molecule is Cc1cc(C)cc(C2=CC=C[CH]2)c1. The van der Waals surface area contributed by atoms with E-state index in [4.69, 9.17) is 0 Å². The molecule has 1 aliphatic rings. The molecule has 0 heterocycles. The first-order valence-electron chi connectivity index (χ1n) is 4.56. The molecule has 1 radical (unpaired) electrons. The zero-order valence-electron chi connectivity index (χ0n) is 8.04. The van der Waals surface area contributed by atoms with Gasteiger partial charge in [-0.15, -0.1) is 0 Å². The van der Waals surface area contributed by atoms with Crippen LogP contribution in [0.5, 0.6) is 0 Å². The maximum atomic E-state index is 2.22. The average Bonchev–Trinajstić information content (AvgIpc) is 2.53. The summed E-state index contributed by atoms with van der Waals surface area (Å²) in [5.41, 5.74) is 5.29. The summed E-state index contributed by atoms with van der Waals surface area (Å²) in [6, 6.07) is 6.65. The Morgan fingerprint density at radius 2 is 1.54 bits per heavy atom. The predicted octanol–water partition coefficient (Wildman–Crippen LogP) is 3.46. The number of aryl methyl sites for hydroxylation is 2. The van der Waals surface area contributed by atoms with Crippen LogP contribution in [0.3, 0.4) is 0 Å². The molecule has 0 saturated heterocycles. The van der Waals surface area contributed by atoms with Crippen LogP contribution in [-0.4, -0.2) is 0 Å². The van der Waals surface area contributed by atoms with E-state index in [1.807, 2.05) is 0 Å². The van der Waals surface area contributed by atoms with Gasteiger partial charge in [0.25, 0.3) is 0 Å². The molecule has 0 unspecified atom stereocenters. The van der Waals surface area contributed by atoms with Crippen molar-refractivity contribution in [1.82, 2.24) is 0 Å². The van der Waals surface area contributed by atoms with Crippen molar-refractivity contribution in [2.45, 2.75) is 13.8 Å². The summed E-state index contributed by atoms with van der Waals surface area (Å²) in [5, 5.41) is 0. The van der Waals surface area contributed by atoms with Gasteiger partial charge < -0.3 is 0 Å². The highest BCUT2D eigenvalue weighted by molar-refractivity contribution is 5.78. The minimum atomic E-state index is 1.31. The number of hydrogen-bond acceptors (Lipinski definition) is 0. The second kappa shape index (κ2) is 3.21. The van der Waals surface area contributed by atoms with Gasteiger partial charge in [0.05, 0.1) is 0 Å². The van der Waals surface area contributed by atoms with Gasteiger partial charge in [-0.05, 0) is 25.0 Å². The van der Waals surface area contributed by atoms with Gasteiger partial charge in [-0.3, -0.25) is 0 Å². The minimum Gasteiger partial charge on any atom is -0.0760 e. The highest BCUT2D eigenvalue weighted by Gasteiger charge is 2.03. The molecule has 1 aromatic rings. The summed E-state index contributed by atoms with van der Waals surface area (Å²) in [6.45, 7) is 4.28. The third-order valence-corrected chi connectivity index (χ3v) is 2.22. The fourth-order valence-corrected chi connectivity index (χ4v) is 1.71. The van der Waals surface area contributed by atoms with Crippen molar-refractivity contribution >= 4 is 5.57 Å². The highest BCUT2D eigenvalue weighted by atomic mass is 14.1. The molecule has 0 bridgehead atoms. The van der Waals surface area contributed by atoms with Crippen LogP contribution in [0.15, 0.2) is 36.4 Å². The van der Waals surface area contributed by atoms with E-state index in [2.05, 4.69) is 56.7 Å². The fraction of sp³-hybridized carbons (Fsp3) is 0.154. The normalized spacial score (nSPS) is 14.8. The molecular formula is C13H13. The molecule has 1 aliphatic carbocycles. The van der Waals surface area contributed by atoms with E-state index in [0.29, 0.717) is 0 Å². The summed E-state index contributed by atoms with van der Waals surface area (Å²) in [5.74, 6) is 0. The molecule has 0 heteroatoms. The standard InChI is InChI=1S/C13H13/c1-10-7-11(2)9-13(8-10)12-5-3-4-6-12/h3-9H,1-2H3. The van der Waals surface area contributed by atoms with Crippen molar-refractivity contribution in [3.8, 4) is 0 Å². The minimum absolute atomic E-state index is 1.31. The Kier molecular flexibility index (Phi) is 2.05. The fourth-order valence-electron chi connectivity index (χ4n) is 1.71. The van der Waals surface area contributed by atoms with Gasteiger partial charge in [0.2, 0.25) is 0 Å². The lowest BCUT2D eigenvalue weighted by molar-refractivity contribution is 1.36. The topological polar surface area (TPSA) is 0 Å². The Hall–Kier alpha value is -1.30. The van der Waals surface area contributed by atoms with E-state index in [1.165, 1.54) is 22.3 Å². The van der Waals surface area contributed by atoms with Gasteiger partial charge in [-0.2, -0.15) is 0 Å². The summed E-state index contributed by atoms with van der Waals surface area (Å²) in [4.78, 5) is 0. The van der Waals surface area contributed by atoms with Crippen LogP contribution in [0, 0.1) is 20.3 Å². The summed E-state index contributed by atoms with van der Waals surface area (Å²) >= 11 is 0. The van der Waals surface area contributed by atoms with Gasteiger partial charge in [-0.1, -0.05) is 47.6 Å². The van der Waals surface area contributed by atoms with Crippen molar-refractivity contribution in [1.29, 1.82) is 0 Å². The number of rotatable bonds is 1. The number of benzene rings is 1. The third kappa shape index (κ3) is 1.72. The zero-order valence-corrected chi connectivity index (χ0v) is 8.04. The number of allylic oxidation sites excluding steroid dienone is 4. The zero-order chi connectivity index (χ0) is 9.26. The lowest BCUT2D eigenvalue weighted by Crippen LogP contribution is -1.85. The first-order valence-corrected chi connectivity index (χ1v) is 4.56. The van der Waals surface area contributed by atoms with Crippen molar-refractivity contribution in [2.75, 3.05) is 0 Å². The average molecular weight is 169 g/mol. The summed E-state index contributed by atoms with van der Waals surface area (Å²) < 4.78 is 0. The van der Waals surface area contributed by atoms with Crippen molar-refractivity contribution < 1.29 is 0 Å². The molecule has 0 aromatic heterocycles. The van der Waals surface area contributed by atoms with Gasteiger partial charge in [0, 0.05) is 6.42 Å². The number of hydrogen-bond donors (Lipinski definition) is 0. The highest BCUT2D eigenvalue weighted by Crippen LogP contribution is 2.23. The maximum absolute atomic E-state index is 2.22. The lowest BCUT2D eigenvalue weighted by atomic mass is 10.0. The maximum Gasteiger partial charge on any atom is 0.0131 e. The Balaban J connectivity index is 2.40. The summed E-state index contributed by atoms with van der Waals surface area (Å²) in [7, 11) is 0. The Bertz CT molecular complexity index is 361. The van der Waals surface area contributed by atoms with E-state index in [-0.39, 0.29) is 0 Å². The van der Waals surface area contributed by atoms with Crippen LogP contribution >= 0.6 is 0 Å².